The predicted octanol–water partition coefficient (Wildman–Crippen LogP) is 4.64. The lowest BCUT2D eigenvalue weighted by atomic mass is 9.54. The van der Waals surface area contributed by atoms with Crippen molar-refractivity contribution in [2.75, 3.05) is 0 Å². The van der Waals surface area contributed by atoms with Crippen molar-refractivity contribution in [3.8, 4) is 0 Å². The first-order valence-corrected chi connectivity index (χ1v) is 13.9. The molecule has 0 saturated carbocycles. The van der Waals surface area contributed by atoms with E-state index in [1.165, 1.54) is 5.57 Å². The number of carbonyl (C=O) groups excluding carboxylic acids is 2. The van der Waals surface area contributed by atoms with Crippen LogP contribution in [-0.4, -0.2) is 45.1 Å². The summed E-state index contributed by atoms with van der Waals surface area (Å²) in [7, 11) is 0. The molecule has 6 heteroatoms. The van der Waals surface area contributed by atoms with E-state index in [4.69, 9.17) is 0 Å². The normalized spacial score (nSPS) is 36.3. The van der Waals surface area contributed by atoms with Crippen molar-refractivity contribution >= 4 is 22.6 Å². The van der Waals surface area contributed by atoms with E-state index < -0.39 is 17.6 Å². The smallest absolute Gasteiger partial charge is 0.235 e. The van der Waals surface area contributed by atoms with Crippen molar-refractivity contribution in [3.05, 3.63) is 71.5 Å². The lowest BCUT2D eigenvalue weighted by molar-refractivity contribution is -0.145. The van der Waals surface area contributed by atoms with Crippen molar-refractivity contribution in [2.45, 2.75) is 71.6 Å². The Morgan fingerprint density at radius 3 is 2.61 bits per heavy atom. The van der Waals surface area contributed by atoms with E-state index in [1.54, 1.807) is 0 Å². The molecule has 2 aliphatic carbocycles. The number of carbonyl (C=O) groups is 2. The first-order chi connectivity index (χ1) is 18.1. The van der Waals surface area contributed by atoms with Gasteiger partial charge in [-0.05, 0) is 62.1 Å². The molecule has 1 aromatic heterocycles. The zero-order valence-electron chi connectivity index (χ0n) is 22.8. The summed E-state index contributed by atoms with van der Waals surface area (Å²) in [6.45, 7) is 8.12. The van der Waals surface area contributed by atoms with Gasteiger partial charge in [-0.3, -0.25) is 9.59 Å². The summed E-state index contributed by atoms with van der Waals surface area (Å²) in [5.41, 5.74) is 2.84. The number of benzene rings is 1. The maximum atomic E-state index is 14.2. The third-order valence-electron chi connectivity index (χ3n) is 9.35. The van der Waals surface area contributed by atoms with Crippen molar-refractivity contribution in [1.82, 2.24) is 10.3 Å². The van der Waals surface area contributed by atoms with Crippen LogP contribution in [0.15, 0.2) is 65.9 Å². The van der Waals surface area contributed by atoms with E-state index in [9.17, 15) is 19.8 Å². The van der Waals surface area contributed by atoms with Gasteiger partial charge < -0.3 is 20.5 Å². The Bertz CT molecular complexity index is 1320. The van der Waals surface area contributed by atoms with Gasteiger partial charge in [-0.15, -0.1) is 0 Å². The highest BCUT2D eigenvalue weighted by Crippen LogP contribution is 2.55. The van der Waals surface area contributed by atoms with Gasteiger partial charge in [0.2, 0.25) is 5.91 Å². The number of rotatable bonds is 2. The Hall–Kier alpha value is -2.96. The fraction of sp³-hybridized carbons (Fsp3) is 0.500. The molecule has 0 bridgehead atoms. The minimum Gasteiger partial charge on any atom is -0.390 e. The van der Waals surface area contributed by atoms with Crippen LogP contribution in [0, 0.1) is 29.1 Å². The van der Waals surface area contributed by atoms with Gasteiger partial charge in [0.25, 0.3) is 0 Å². The van der Waals surface area contributed by atoms with Gasteiger partial charge in [0, 0.05) is 41.4 Å². The Labute approximate surface area is 224 Å². The predicted molar refractivity (Wildman–Crippen MR) is 149 cm³/mol. The van der Waals surface area contributed by atoms with Crippen LogP contribution in [0.2, 0.25) is 0 Å². The van der Waals surface area contributed by atoms with Crippen molar-refractivity contribution < 1.29 is 19.8 Å². The Morgan fingerprint density at radius 1 is 1.05 bits per heavy atom. The van der Waals surface area contributed by atoms with E-state index in [2.05, 4.69) is 55.4 Å². The number of para-hydroxylation sites is 1. The maximum absolute atomic E-state index is 14.2. The van der Waals surface area contributed by atoms with Crippen LogP contribution in [-0.2, 0) is 16.0 Å². The second kappa shape index (κ2) is 10.3. The zero-order valence-corrected chi connectivity index (χ0v) is 22.8. The molecular weight excluding hydrogens is 476 g/mol. The first-order valence-electron chi connectivity index (χ1n) is 13.9. The fourth-order valence-electron chi connectivity index (χ4n) is 7.24. The average Bonchev–Trinajstić information content (AvgIpc) is 3.43. The van der Waals surface area contributed by atoms with Crippen LogP contribution in [0.25, 0.3) is 10.9 Å². The zero-order chi connectivity index (χ0) is 27.2. The van der Waals surface area contributed by atoms with Crippen LogP contribution in [0.3, 0.4) is 0 Å². The monoisotopic (exact) mass is 516 g/mol. The third kappa shape index (κ3) is 4.38. The number of aromatic amines is 1. The summed E-state index contributed by atoms with van der Waals surface area (Å²) in [6, 6.07) is 7.94. The Kier molecular flexibility index (Phi) is 7.23. The number of aliphatic hydroxyl groups is 2. The van der Waals surface area contributed by atoms with Crippen molar-refractivity contribution in [3.63, 3.8) is 0 Å². The molecule has 2 aromatic rings. The molecule has 5 rings (SSSR count). The number of aliphatic hydroxyl groups excluding tert-OH is 2. The van der Waals surface area contributed by atoms with E-state index in [1.807, 2.05) is 37.4 Å². The summed E-state index contributed by atoms with van der Waals surface area (Å²) in [5.74, 6) is -0.756. The Morgan fingerprint density at radius 2 is 1.82 bits per heavy atom. The number of aromatic nitrogens is 1. The van der Waals surface area contributed by atoms with E-state index in [0.29, 0.717) is 18.4 Å². The summed E-state index contributed by atoms with van der Waals surface area (Å²) in [4.78, 5) is 31.6. The molecule has 1 aromatic carbocycles. The van der Waals surface area contributed by atoms with Gasteiger partial charge >= 0.3 is 0 Å². The highest BCUT2D eigenvalue weighted by molar-refractivity contribution is 6.09. The fourth-order valence-corrected chi connectivity index (χ4v) is 7.24. The number of amides is 1. The molecule has 1 aliphatic heterocycles. The van der Waals surface area contributed by atoms with Gasteiger partial charge in [-0.1, -0.05) is 61.9 Å². The molecule has 1 saturated heterocycles. The minimum atomic E-state index is -1.24. The van der Waals surface area contributed by atoms with Crippen LogP contribution in [0.4, 0.5) is 0 Å². The number of hydrogen-bond acceptors (Lipinski definition) is 4. The molecule has 4 N–H and O–H groups in total. The molecule has 1 spiro atoms. The number of nitrogens with one attached hydrogen (secondary N) is 2. The molecule has 0 radical (unpaired) electrons. The molecule has 3 aliphatic rings. The third-order valence-corrected chi connectivity index (χ3v) is 9.35. The average molecular weight is 517 g/mol. The highest BCUT2D eigenvalue weighted by Gasteiger charge is 2.65. The standard InChI is InChI=1S/C32H40N2O4/c1-18-8-7-9-23-15-19(2)21(4)29-26(16-22-17-33-25-11-6-5-10-24(22)25)34-31(38)32(23,29)28(36)13-12-27(35)30(37)20(3)14-18/h5-7,9-11,14-15,17-18,21,23,26-27,29-30,33,35,37H,8,12-13,16H2,1-4H3,(H,34,38)/t18-,21+,23-,26-,27-,29-,30+,32+/m0/s1. The van der Waals surface area contributed by atoms with Crippen molar-refractivity contribution in [2.24, 2.45) is 29.1 Å². The molecule has 8 atom stereocenters. The molecule has 1 amide bonds. The van der Waals surface area contributed by atoms with Crippen LogP contribution in [0.5, 0.6) is 0 Å². The maximum Gasteiger partial charge on any atom is 0.235 e. The minimum absolute atomic E-state index is 0.0341. The second-order valence-electron chi connectivity index (χ2n) is 11.8. The number of fused-ring (bicyclic) bond motifs is 1. The number of ketones is 1. The number of hydrogen-bond donors (Lipinski definition) is 4. The summed E-state index contributed by atoms with van der Waals surface area (Å²) in [6.07, 6.45) is 9.64. The molecular formula is C32H40N2O4. The van der Waals surface area contributed by atoms with Crippen LogP contribution >= 0.6 is 0 Å². The summed E-state index contributed by atoms with van der Waals surface area (Å²) in [5, 5.41) is 25.8. The number of Topliss-reactive ketones (excluding diaryl/α,β-unsaturated/α-hetero) is 1. The summed E-state index contributed by atoms with van der Waals surface area (Å²) < 4.78 is 0. The molecule has 1 fully saturated rings. The SMILES string of the molecule is CC1=C[C@@H]2C=CC[C@H](C)C=C(C)[C@@H](O)[C@@H](O)CCC(=O)[C@]23C(=O)N[C@@H](Cc2c[nH]c4ccccc24)[C@@H]3[C@@H]1C. The second-order valence-corrected chi connectivity index (χ2v) is 11.8. The topological polar surface area (TPSA) is 102 Å². The van der Waals surface area contributed by atoms with Gasteiger partial charge in [0.05, 0.1) is 6.10 Å². The Balaban J connectivity index is 1.57. The quantitative estimate of drug-likeness (QED) is 0.345. The molecule has 38 heavy (non-hydrogen) atoms. The number of H-pyrrole nitrogens is 1. The van der Waals surface area contributed by atoms with Gasteiger partial charge in [0.15, 0.2) is 0 Å². The van der Waals surface area contributed by atoms with E-state index >= 15 is 0 Å². The largest absolute Gasteiger partial charge is 0.390 e. The molecule has 6 nitrogen and oxygen atoms in total. The van der Waals surface area contributed by atoms with Gasteiger partial charge in [-0.25, -0.2) is 0 Å². The lowest BCUT2D eigenvalue weighted by Crippen LogP contribution is -2.52. The van der Waals surface area contributed by atoms with Gasteiger partial charge in [0.1, 0.15) is 17.3 Å². The number of allylic oxidation sites excluding steroid dienone is 5. The molecule has 0 unspecified atom stereocenters. The van der Waals surface area contributed by atoms with Gasteiger partial charge in [-0.2, -0.15) is 0 Å². The van der Waals surface area contributed by atoms with Crippen molar-refractivity contribution in [1.29, 1.82) is 0 Å². The van der Waals surface area contributed by atoms with E-state index in [-0.39, 0.29) is 54.2 Å². The van der Waals surface area contributed by atoms with E-state index in [0.717, 1.165) is 16.5 Å². The lowest BCUT2D eigenvalue weighted by Gasteiger charge is -2.44. The molecule has 2 heterocycles. The first kappa shape index (κ1) is 26.6. The van der Waals surface area contributed by atoms with Crippen LogP contribution < -0.4 is 5.32 Å². The molecule has 202 valence electrons. The highest BCUT2D eigenvalue weighted by atomic mass is 16.3. The van der Waals surface area contributed by atoms with Crippen LogP contribution in [0.1, 0.15) is 52.5 Å². The summed E-state index contributed by atoms with van der Waals surface area (Å²) >= 11 is 0.